The number of nitrogens with zero attached hydrogens (tertiary/aromatic N) is 2. The van der Waals surface area contributed by atoms with Crippen molar-refractivity contribution in [2.24, 2.45) is 4.99 Å². The van der Waals surface area contributed by atoms with Gasteiger partial charge in [0.25, 0.3) is 0 Å². The van der Waals surface area contributed by atoms with Crippen LogP contribution in [0.15, 0.2) is 29.3 Å². The average molecular weight is 369 g/mol. The second kappa shape index (κ2) is 11.3. The lowest BCUT2D eigenvalue weighted by atomic mass is 10.1. The van der Waals surface area contributed by atoms with Crippen LogP contribution in [0.2, 0.25) is 5.02 Å². The molecule has 1 saturated heterocycles. The average Bonchev–Trinajstić information content (AvgIpc) is 2.63. The predicted octanol–water partition coefficient (Wildman–Crippen LogP) is 1.91. The van der Waals surface area contributed by atoms with Gasteiger partial charge in [0.15, 0.2) is 5.96 Å². The molecular weight excluding hydrogens is 340 g/mol. The molecule has 1 aromatic carbocycles. The van der Waals surface area contributed by atoms with Crippen LogP contribution in [0.1, 0.15) is 18.6 Å². The Bertz CT molecular complexity index is 536. The summed E-state index contributed by atoms with van der Waals surface area (Å²) in [6, 6.07) is 7.72. The molecule has 1 aliphatic rings. The lowest BCUT2D eigenvalue weighted by molar-refractivity contribution is 0.0389. The van der Waals surface area contributed by atoms with E-state index < -0.39 is 0 Å². The second-order valence-corrected chi connectivity index (χ2v) is 6.32. The van der Waals surface area contributed by atoms with Gasteiger partial charge in [0, 0.05) is 44.9 Å². The molecule has 2 rings (SSSR count). The van der Waals surface area contributed by atoms with E-state index in [1.807, 2.05) is 24.3 Å². The molecule has 1 aromatic rings. The standard InChI is InChI=1S/C18H29ClN4O2/c1-3-20-18(21-7-8-23-9-11-25-12-10-23)22-14-17(24-2)15-5-4-6-16(19)13-15/h4-6,13,17H,3,7-12,14H2,1-2H3,(H2,20,21,22). The van der Waals surface area contributed by atoms with Crippen LogP contribution in [-0.4, -0.2) is 70.5 Å². The largest absolute Gasteiger partial charge is 0.379 e. The number of guanidine groups is 1. The molecule has 140 valence electrons. The van der Waals surface area contributed by atoms with E-state index in [4.69, 9.17) is 21.1 Å². The maximum Gasteiger partial charge on any atom is 0.191 e. The van der Waals surface area contributed by atoms with Crippen LogP contribution in [0, 0.1) is 0 Å². The van der Waals surface area contributed by atoms with E-state index in [0.29, 0.717) is 11.6 Å². The van der Waals surface area contributed by atoms with E-state index >= 15 is 0 Å². The summed E-state index contributed by atoms with van der Waals surface area (Å²) >= 11 is 6.07. The maximum absolute atomic E-state index is 6.07. The molecule has 1 heterocycles. The molecule has 0 saturated carbocycles. The van der Waals surface area contributed by atoms with Crippen LogP contribution in [0.25, 0.3) is 0 Å². The molecule has 6 nitrogen and oxygen atoms in total. The predicted molar refractivity (Wildman–Crippen MR) is 102 cm³/mol. The highest BCUT2D eigenvalue weighted by Gasteiger charge is 2.12. The van der Waals surface area contributed by atoms with Gasteiger partial charge in [0.1, 0.15) is 6.10 Å². The van der Waals surface area contributed by atoms with E-state index in [1.165, 1.54) is 0 Å². The molecule has 1 atom stereocenters. The van der Waals surface area contributed by atoms with Gasteiger partial charge in [-0.25, -0.2) is 0 Å². The summed E-state index contributed by atoms with van der Waals surface area (Å²) in [5.41, 5.74) is 1.03. The first-order valence-corrected chi connectivity index (χ1v) is 9.21. The molecule has 0 aliphatic carbocycles. The number of morpholine rings is 1. The van der Waals surface area contributed by atoms with E-state index in [0.717, 1.165) is 57.5 Å². The summed E-state index contributed by atoms with van der Waals surface area (Å²) in [6.07, 6.45) is -0.117. The van der Waals surface area contributed by atoms with Crippen molar-refractivity contribution in [3.8, 4) is 0 Å². The minimum atomic E-state index is -0.117. The normalized spacial score (nSPS) is 17.3. The quantitative estimate of drug-likeness (QED) is 0.542. The van der Waals surface area contributed by atoms with E-state index in [2.05, 4.69) is 27.4 Å². The molecule has 0 radical (unpaired) electrons. The number of halogens is 1. The molecule has 0 amide bonds. The Hall–Kier alpha value is -1.34. The van der Waals surface area contributed by atoms with Crippen LogP contribution in [0.4, 0.5) is 0 Å². The lowest BCUT2D eigenvalue weighted by Gasteiger charge is -2.26. The molecule has 1 aliphatic heterocycles. The molecule has 1 unspecified atom stereocenters. The van der Waals surface area contributed by atoms with Crippen LogP contribution < -0.4 is 10.6 Å². The molecule has 0 spiro atoms. The Kier molecular flexibility index (Phi) is 9.04. The molecule has 25 heavy (non-hydrogen) atoms. The van der Waals surface area contributed by atoms with E-state index in [9.17, 15) is 0 Å². The number of rotatable bonds is 8. The van der Waals surface area contributed by atoms with Crippen molar-refractivity contribution in [1.82, 2.24) is 15.5 Å². The van der Waals surface area contributed by atoms with Crippen LogP contribution >= 0.6 is 11.6 Å². The Morgan fingerprint density at radius 2 is 2.16 bits per heavy atom. The minimum Gasteiger partial charge on any atom is -0.379 e. The fourth-order valence-corrected chi connectivity index (χ4v) is 2.89. The fourth-order valence-electron chi connectivity index (χ4n) is 2.70. The number of nitrogens with one attached hydrogen (secondary N) is 2. The summed E-state index contributed by atoms with van der Waals surface area (Å²) in [7, 11) is 1.69. The molecule has 0 aromatic heterocycles. The highest BCUT2D eigenvalue weighted by atomic mass is 35.5. The van der Waals surface area contributed by atoms with Gasteiger partial charge >= 0.3 is 0 Å². The Balaban J connectivity index is 1.86. The molecule has 1 fully saturated rings. The highest BCUT2D eigenvalue weighted by Crippen LogP contribution is 2.20. The van der Waals surface area contributed by atoms with Crippen molar-refractivity contribution in [1.29, 1.82) is 0 Å². The highest BCUT2D eigenvalue weighted by molar-refractivity contribution is 6.30. The summed E-state index contributed by atoms with van der Waals surface area (Å²) in [5.74, 6) is 0.805. The topological polar surface area (TPSA) is 58.1 Å². The van der Waals surface area contributed by atoms with Crippen LogP contribution in [0.3, 0.4) is 0 Å². The Morgan fingerprint density at radius 1 is 1.36 bits per heavy atom. The van der Waals surface area contributed by atoms with Gasteiger partial charge in [-0.1, -0.05) is 23.7 Å². The summed E-state index contributed by atoms with van der Waals surface area (Å²) < 4.78 is 10.9. The van der Waals surface area contributed by atoms with Crippen molar-refractivity contribution in [2.45, 2.75) is 13.0 Å². The van der Waals surface area contributed by atoms with Gasteiger partial charge in [-0.3, -0.25) is 9.89 Å². The van der Waals surface area contributed by atoms with Gasteiger partial charge in [0.05, 0.1) is 19.8 Å². The first kappa shape index (κ1) is 20.0. The molecule has 2 N–H and O–H groups in total. The third-order valence-electron chi connectivity index (χ3n) is 4.09. The number of ether oxygens (including phenoxy) is 2. The lowest BCUT2D eigenvalue weighted by Crippen LogP contribution is -2.44. The number of hydrogen-bond acceptors (Lipinski definition) is 4. The first-order valence-electron chi connectivity index (χ1n) is 8.83. The van der Waals surface area contributed by atoms with Gasteiger partial charge < -0.3 is 20.1 Å². The Morgan fingerprint density at radius 3 is 2.84 bits per heavy atom. The van der Waals surface area contributed by atoms with Gasteiger partial charge in [-0.15, -0.1) is 0 Å². The first-order chi connectivity index (χ1) is 12.2. The third-order valence-corrected chi connectivity index (χ3v) is 4.32. The monoisotopic (exact) mass is 368 g/mol. The molecule has 0 bridgehead atoms. The van der Waals surface area contributed by atoms with Crippen molar-refractivity contribution in [3.63, 3.8) is 0 Å². The number of methoxy groups -OCH3 is 1. The van der Waals surface area contributed by atoms with Crippen molar-refractivity contribution >= 4 is 17.6 Å². The summed E-state index contributed by atoms with van der Waals surface area (Å²) in [5, 5.41) is 7.37. The van der Waals surface area contributed by atoms with Crippen LogP contribution in [-0.2, 0) is 9.47 Å². The van der Waals surface area contributed by atoms with Crippen molar-refractivity contribution < 1.29 is 9.47 Å². The van der Waals surface area contributed by atoms with Gasteiger partial charge in [-0.2, -0.15) is 0 Å². The van der Waals surface area contributed by atoms with Crippen LogP contribution in [0.5, 0.6) is 0 Å². The smallest absolute Gasteiger partial charge is 0.191 e. The number of aliphatic imine (C=N–C) groups is 1. The minimum absolute atomic E-state index is 0.117. The van der Waals surface area contributed by atoms with Gasteiger partial charge in [0.2, 0.25) is 0 Å². The molecular formula is C18H29ClN4O2. The van der Waals surface area contributed by atoms with Crippen molar-refractivity contribution in [2.75, 3.05) is 59.6 Å². The zero-order valence-corrected chi connectivity index (χ0v) is 15.9. The second-order valence-electron chi connectivity index (χ2n) is 5.88. The SMILES string of the molecule is CCNC(=NCC(OC)c1cccc(Cl)c1)NCCN1CCOCC1. The number of benzene rings is 1. The zero-order valence-electron chi connectivity index (χ0n) is 15.1. The fraction of sp³-hybridized carbons (Fsp3) is 0.611. The maximum atomic E-state index is 6.07. The summed E-state index contributed by atoms with van der Waals surface area (Å²) in [6.45, 7) is 8.88. The molecule has 7 heteroatoms. The summed E-state index contributed by atoms with van der Waals surface area (Å²) in [4.78, 5) is 7.05. The zero-order chi connectivity index (χ0) is 17.9. The van der Waals surface area contributed by atoms with E-state index in [-0.39, 0.29) is 6.10 Å². The third kappa shape index (κ3) is 7.20. The number of hydrogen-bond donors (Lipinski definition) is 2. The van der Waals surface area contributed by atoms with E-state index in [1.54, 1.807) is 7.11 Å². The Labute approximate surface area is 155 Å². The van der Waals surface area contributed by atoms with Crippen molar-refractivity contribution in [3.05, 3.63) is 34.9 Å². The van der Waals surface area contributed by atoms with Gasteiger partial charge in [-0.05, 0) is 24.6 Å².